The van der Waals surface area contributed by atoms with Crippen LogP contribution in [0.5, 0.6) is 17.2 Å². The lowest BCUT2D eigenvalue weighted by atomic mass is 9.86. The summed E-state index contributed by atoms with van der Waals surface area (Å²) in [5.74, 6) is 0.641. The van der Waals surface area contributed by atoms with Gasteiger partial charge in [0.05, 0.1) is 20.4 Å². The smallest absolute Gasteiger partial charge is 0.387 e. The predicted molar refractivity (Wildman–Crippen MR) is 104 cm³/mol. The molecule has 0 bridgehead atoms. The molecule has 1 aromatic rings. The van der Waals surface area contributed by atoms with E-state index in [1.54, 1.807) is 0 Å². The molecule has 0 aromatic heterocycles. The Morgan fingerprint density at radius 3 is 2.41 bits per heavy atom. The standard InChI is InChI=1S/C18H25F2N3O3S/c1-11-6-4-5-7-13(11)22-18(27)23-21-10-12-8-14(24-2)16(26-17(19)20)15(9-12)25-3/h8-11,13,17H,4-7H2,1-3H3,(H2,22,23,27)/b21-10-/t11-,13+/m1/s1. The van der Waals surface area contributed by atoms with Crippen LogP contribution in [0.1, 0.15) is 38.2 Å². The van der Waals surface area contributed by atoms with E-state index in [1.807, 2.05) is 0 Å². The lowest BCUT2D eigenvalue weighted by Crippen LogP contribution is -2.44. The second kappa shape index (κ2) is 10.2. The molecule has 1 fully saturated rings. The normalized spacial score (nSPS) is 19.8. The first kappa shape index (κ1) is 21.1. The Bertz CT molecular complexity index is 648. The monoisotopic (exact) mass is 401 g/mol. The molecule has 0 heterocycles. The summed E-state index contributed by atoms with van der Waals surface area (Å²) in [6, 6.07) is 3.39. The summed E-state index contributed by atoms with van der Waals surface area (Å²) in [5, 5.41) is 7.83. The van der Waals surface area contributed by atoms with E-state index in [1.165, 1.54) is 51.8 Å². The Kier molecular flexibility index (Phi) is 8.02. The Morgan fingerprint density at radius 1 is 1.22 bits per heavy atom. The highest BCUT2D eigenvalue weighted by Crippen LogP contribution is 2.39. The molecular weight excluding hydrogens is 376 g/mol. The van der Waals surface area contributed by atoms with Crippen molar-refractivity contribution in [2.75, 3.05) is 14.2 Å². The second-order valence-corrected chi connectivity index (χ2v) is 6.75. The quantitative estimate of drug-likeness (QED) is 0.413. The third-order valence-electron chi connectivity index (χ3n) is 4.50. The zero-order chi connectivity index (χ0) is 19.8. The third-order valence-corrected chi connectivity index (χ3v) is 4.71. The SMILES string of the molecule is COc1cc(/C=N\NC(=S)N[C@H]2CCCC[C@H]2C)cc(OC)c1OC(F)F. The molecule has 2 rings (SSSR count). The number of halogens is 2. The molecule has 0 unspecified atom stereocenters. The van der Waals surface area contributed by atoms with Crippen LogP contribution in [0.4, 0.5) is 8.78 Å². The number of nitrogens with zero attached hydrogens (tertiary/aromatic N) is 1. The van der Waals surface area contributed by atoms with Gasteiger partial charge in [-0.1, -0.05) is 19.8 Å². The van der Waals surface area contributed by atoms with Crippen LogP contribution >= 0.6 is 12.2 Å². The number of methoxy groups -OCH3 is 2. The van der Waals surface area contributed by atoms with Crippen molar-refractivity contribution in [3.63, 3.8) is 0 Å². The maximum absolute atomic E-state index is 12.6. The van der Waals surface area contributed by atoms with Gasteiger partial charge in [0.2, 0.25) is 5.75 Å². The molecule has 0 saturated heterocycles. The van der Waals surface area contributed by atoms with Crippen molar-refractivity contribution >= 4 is 23.5 Å². The lowest BCUT2D eigenvalue weighted by Gasteiger charge is -2.30. The molecule has 0 aliphatic heterocycles. The van der Waals surface area contributed by atoms with Gasteiger partial charge in [-0.2, -0.15) is 13.9 Å². The minimum Gasteiger partial charge on any atom is -0.493 e. The van der Waals surface area contributed by atoms with Crippen molar-refractivity contribution in [3.8, 4) is 17.2 Å². The molecule has 2 atom stereocenters. The fourth-order valence-corrected chi connectivity index (χ4v) is 3.28. The minimum absolute atomic E-state index is 0.118. The van der Waals surface area contributed by atoms with E-state index < -0.39 is 6.61 Å². The second-order valence-electron chi connectivity index (χ2n) is 6.34. The van der Waals surface area contributed by atoms with E-state index in [4.69, 9.17) is 21.7 Å². The third kappa shape index (κ3) is 6.20. The van der Waals surface area contributed by atoms with Crippen LogP contribution in [0, 0.1) is 5.92 Å². The summed E-state index contributed by atoms with van der Waals surface area (Å²) in [6.07, 6.45) is 6.23. The number of hydrogen-bond donors (Lipinski definition) is 2. The Labute approximate surface area is 163 Å². The van der Waals surface area contributed by atoms with Gasteiger partial charge >= 0.3 is 6.61 Å². The number of ether oxygens (including phenoxy) is 3. The van der Waals surface area contributed by atoms with E-state index in [-0.39, 0.29) is 17.2 Å². The first-order valence-corrected chi connectivity index (χ1v) is 9.15. The van der Waals surface area contributed by atoms with Crippen molar-refractivity contribution < 1.29 is 23.0 Å². The van der Waals surface area contributed by atoms with E-state index in [0.717, 1.165) is 6.42 Å². The number of thiocarbonyl (C=S) groups is 1. The molecule has 0 amide bonds. The van der Waals surface area contributed by atoms with Gasteiger partial charge in [0.15, 0.2) is 16.6 Å². The average molecular weight is 401 g/mol. The molecule has 0 spiro atoms. The largest absolute Gasteiger partial charge is 0.493 e. The van der Waals surface area contributed by atoms with Crippen molar-refractivity contribution in [2.45, 2.75) is 45.3 Å². The Hall–Kier alpha value is -2.16. The van der Waals surface area contributed by atoms with E-state index in [9.17, 15) is 8.78 Å². The van der Waals surface area contributed by atoms with Gasteiger partial charge in [0, 0.05) is 11.6 Å². The van der Waals surface area contributed by atoms with Gasteiger partial charge in [0.1, 0.15) is 0 Å². The lowest BCUT2D eigenvalue weighted by molar-refractivity contribution is -0.0526. The summed E-state index contributed by atoms with van der Waals surface area (Å²) in [7, 11) is 2.72. The van der Waals surface area contributed by atoms with Gasteiger partial charge in [0.25, 0.3) is 0 Å². The minimum atomic E-state index is -2.99. The van der Waals surface area contributed by atoms with Crippen molar-refractivity contribution in [2.24, 2.45) is 11.0 Å². The molecule has 1 aromatic carbocycles. The maximum atomic E-state index is 12.6. The van der Waals surface area contributed by atoms with Crippen molar-refractivity contribution in [1.82, 2.24) is 10.7 Å². The highest BCUT2D eigenvalue weighted by Gasteiger charge is 2.21. The van der Waals surface area contributed by atoms with Crippen LogP contribution in [-0.2, 0) is 0 Å². The Balaban J connectivity index is 2.02. The molecule has 6 nitrogen and oxygen atoms in total. The molecule has 150 valence electrons. The first-order chi connectivity index (χ1) is 12.9. The maximum Gasteiger partial charge on any atom is 0.387 e. The average Bonchev–Trinajstić information content (AvgIpc) is 2.64. The molecule has 9 heteroatoms. The Morgan fingerprint density at radius 2 is 1.85 bits per heavy atom. The summed E-state index contributed by atoms with van der Waals surface area (Å²) >= 11 is 5.28. The van der Waals surface area contributed by atoms with Crippen molar-refractivity contribution in [3.05, 3.63) is 17.7 Å². The molecule has 1 saturated carbocycles. The van der Waals surface area contributed by atoms with Gasteiger partial charge in [-0.25, -0.2) is 0 Å². The van der Waals surface area contributed by atoms with Crippen LogP contribution in [0.15, 0.2) is 17.2 Å². The highest BCUT2D eigenvalue weighted by molar-refractivity contribution is 7.80. The van der Waals surface area contributed by atoms with E-state index >= 15 is 0 Å². The van der Waals surface area contributed by atoms with Crippen LogP contribution < -0.4 is 25.0 Å². The zero-order valence-electron chi connectivity index (χ0n) is 15.6. The summed E-state index contributed by atoms with van der Waals surface area (Å²) in [5.41, 5.74) is 3.35. The summed E-state index contributed by atoms with van der Waals surface area (Å²) in [4.78, 5) is 0. The van der Waals surface area contributed by atoms with Crippen LogP contribution in [-0.4, -0.2) is 38.2 Å². The number of benzene rings is 1. The molecule has 2 N–H and O–H groups in total. The van der Waals surface area contributed by atoms with Gasteiger partial charge < -0.3 is 19.5 Å². The van der Waals surface area contributed by atoms with Gasteiger partial charge in [-0.05, 0) is 43.1 Å². The van der Waals surface area contributed by atoms with Crippen LogP contribution in [0.3, 0.4) is 0 Å². The number of rotatable bonds is 7. The molecule has 0 radical (unpaired) electrons. The number of nitrogens with one attached hydrogen (secondary N) is 2. The highest BCUT2D eigenvalue weighted by atomic mass is 32.1. The number of hydrazone groups is 1. The molecule has 1 aliphatic carbocycles. The van der Waals surface area contributed by atoms with Gasteiger partial charge in [-0.15, -0.1) is 0 Å². The van der Waals surface area contributed by atoms with Crippen LogP contribution in [0.25, 0.3) is 0 Å². The molecular formula is C18H25F2N3O3S. The fraction of sp³-hybridized carbons (Fsp3) is 0.556. The topological polar surface area (TPSA) is 64.1 Å². The molecule has 27 heavy (non-hydrogen) atoms. The van der Waals surface area contributed by atoms with Crippen molar-refractivity contribution in [1.29, 1.82) is 0 Å². The first-order valence-electron chi connectivity index (χ1n) is 8.75. The zero-order valence-corrected chi connectivity index (χ0v) is 16.4. The summed E-state index contributed by atoms with van der Waals surface area (Å²) in [6.45, 7) is -0.774. The fourth-order valence-electron chi connectivity index (χ4n) is 3.08. The van der Waals surface area contributed by atoms with Gasteiger partial charge in [-0.3, -0.25) is 5.43 Å². The summed E-state index contributed by atoms with van der Waals surface area (Å²) < 4.78 is 39.8. The van der Waals surface area contributed by atoms with Crippen LogP contribution in [0.2, 0.25) is 0 Å². The van der Waals surface area contributed by atoms with E-state index in [2.05, 4.69) is 27.5 Å². The number of hydrogen-bond acceptors (Lipinski definition) is 5. The van der Waals surface area contributed by atoms with E-state index in [0.29, 0.717) is 22.6 Å². The molecule has 1 aliphatic rings. The number of alkyl halides is 2. The predicted octanol–water partition coefficient (Wildman–Crippen LogP) is 3.68.